The summed E-state index contributed by atoms with van der Waals surface area (Å²) in [4.78, 5) is 2.28. The molecule has 90 valence electrons. The minimum atomic E-state index is -0.284. The van der Waals surface area contributed by atoms with Gasteiger partial charge in [-0.2, -0.15) is 0 Å². The lowest BCUT2D eigenvalue weighted by Crippen LogP contribution is -2.55. The maximum Gasteiger partial charge on any atom is 0.0699 e. The van der Waals surface area contributed by atoms with Crippen LogP contribution in [0.4, 0.5) is 0 Å². The molecule has 0 radical (unpaired) electrons. The van der Waals surface area contributed by atoms with Crippen molar-refractivity contribution < 1.29 is 0 Å². The van der Waals surface area contributed by atoms with E-state index in [1.165, 1.54) is 5.56 Å². The molecule has 0 aliphatic heterocycles. The Kier molecular flexibility index (Phi) is 4.96. The second kappa shape index (κ2) is 5.80. The van der Waals surface area contributed by atoms with Crippen LogP contribution in [0.3, 0.4) is 0 Å². The number of likely N-dealkylation sites (N-methyl/N-ethyl adjacent to an activating group) is 1. The van der Waals surface area contributed by atoms with Crippen LogP contribution < -0.4 is 5.73 Å². The number of hydrogen-bond acceptors (Lipinski definition) is 2. The van der Waals surface area contributed by atoms with E-state index in [0.29, 0.717) is 0 Å². The molecule has 3 heteroatoms. The molecule has 1 atom stereocenters. The van der Waals surface area contributed by atoms with E-state index in [1.807, 2.05) is 6.07 Å². The Balaban J connectivity index is 2.83. The van der Waals surface area contributed by atoms with E-state index in [1.54, 1.807) is 0 Å². The van der Waals surface area contributed by atoms with Crippen LogP contribution in [-0.4, -0.2) is 23.7 Å². The van der Waals surface area contributed by atoms with E-state index in [0.717, 1.165) is 24.0 Å². The van der Waals surface area contributed by atoms with E-state index >= 15 is 0 Å². The van der Waals surface area contributed by atoms with E-state index < -0.39 is 0 Å². The monoisotopic (exact) mass is 284 g/mol. The first-order valence-electron chi connectivity index (χ1n) is 5.78. The molecular weight excluding hydrogens is 264 g/mol. The van der Waals surface area contributed by atoms with Crippen molar-refractivity contribution in [3.63, 3.8) is 0 Å². The molecule has 0 saturated heterocycles. The minimum Gasteiger partial charge on any atom is -0.313 e. The number of halogens is 1. The van der Waals surface area contributed by atoms with Crippen LogP contribution in [0.2, 0.25) is 0 Å². The van der Waals surface area contributed by atoms with Crippen molar-refractivity contribution in [3.8, 4) is 0 Å². The Morgan fingerprint density at radius 1 is 1.25 bits per heavy atom. The van der Waals surface area contributed by atoms with Gasteiger partial charge in [0.05, 0.1) is 5.66 Å². The fourth-order valence-corrected chi connectivity index (χ4v) is 2.51. The van der Waals surface area contributed by atoms with Crippen molar-refractivity contribution in [1.29, 1.82) is 0 Å². The van der Waals surface area contributed by atoms with Crippen molar-refractivity contribution in [2.45, 2.75) is 32.9 Å². The smallest absolute Gasteiger partial charge is 0.0699 e. The summed E-state index contributed by atoms with van der Waals surface area (Å²) in [5.41, 5.74) is 7.37. The first kappa shape index (κ1) is 13.7. The molecular formula is C13H21BrN2. The third-order valence-electron chi connectivity index (χ3n) is 2.99. The van der Waals surface area contributed by atoms with Crippen LogP contribution in [0.5, 0.6) is 0 Å². The van der Waals surface area contributed by atoms with Crippen LogP contribution in [0.15, 0.2) is 28.7 Å². The van der Waals surface area contributed by atoms with Gasteiger partial charge in [-0.05, 0) is 31.6 Å². The first-order chi connectivity index (χ1) is 7.51. The van der Waals surface area contributed by atoms with E-state index in [9.17, 15) is 0 Å². The molecule has 2 nitrogen and oxygen atoms in total. The standard InChI is InChI=1S/C13H21BrN2/c1-4-16(5-2)13(3,15)10-11-8-6-7-9-12(11)14/h6-9H,4-5,10,15H2,1-3H3. The maximum absolute atomic E-state index is 6.39. The lowest BCUT2D eigenvalue weighted by Gasteiger charge is -2.37. The molecule has 0 fully saturated rings. The third kappa shape index (κ3) is 3.30. The van der Waals surface area contributed by atoms with Crippen LogP contribution in [-0.2, 0) is 6.42 Å². The molecule has 16 heavy (non-hydrogen) atoms. The third-order valence-corrected chi connectivity index (χ3v) is 3.77. The molecule has 0 spiro atoms. The summed E-state index contributed by atoms with van der Waals surface area (Å²) in [6, 6.07) is 8.27. The van der Waals surface area contributed by atoms with Crippen LogP contribution in [0, 0.1) is 0 Å². The topological polar surface area (TPSA) is 29.3 Å². The number of benzene rings is 1. The van der Waals surface area contributed by atoms with E-state index in [-0.39, 0.29) is 5.66 Å². The first-order valence-corrected chi connectivity index (χ1v) is 6.58. The van der Waals surface area contributed by atoms with Gasteiger partial charge in [-0.3, -0.25) is 4.90 Å². The maximum atomic E-state index is 6.39. The lowest BCUT2D eigenvalue weighted by atomic mass is 10.0. The molecule has 2 N–H and O–H groups in total. The summed E-state index contributed by atoms with van der Waals surface area (Å²) in [6.45, 7) is 8.35. The van der Waals surface area contributed by atoms with Gasteiger partial charge < -0.3 is 5.73 Å². The number of hydrogen-bond donors (Lipinski definition) is 1. The van der Waals surface area contributed by atoms with Gasteiger partial charge in [0.25, 0.3) is 0 Å². The Hall–Kier alpha value is -0.380. The highest BCUT2D eigenvalue weighted by molar-refractivity contribution is 9.10. The molecule has 0 bridgehead atoms. The molecule has 0 aliphatic carbocycles. The molecule has 1 aromatic carbocycles. The van der Waals surface area contributed by atoms with Crippen molar-refractivity contribution >= 4 is 15.9 Å². The Labute approximate surface area is 107 Å². The van der Waals surface area contributed by atoms with Gasteiger partial charge >= 0.3 is 0 Å². The molecule has 1 unspecified atom stereocenters. The highest BCUT2D eigenvalue weighted by Gasteiger charge is 2.25. The quantitative estimate of drug-likeness (QED) is 0.843. The van der Waals surface area contributed by atoms with E-state index in [2.05, 4.69) is 59.8 Å². The Bertz CT molecular complexity index is 332. The lowest BCUT2D eigenvalue weighted by molar-refractivity contribution is 0.123. The predicted octanol–water partition coefficient (Wildman–Crippen LogP) is 3.01. The average Bonchev–Trinajstić information content (AvgIpc) is 2.22. The zero-order valence-corrected chi connectivity index (χ0v) is 11.9. The van der Waals surface area contributed by atoms with Gasteiger partial charge in [0, 0.05) is 10.9 Å². The van der Waals surface area contributed by atoms with Gasteiger partial charge in [0.2, 0.25) is 0 Å². The summed E-state index contributed by atoms with van der Waals surface area (Å²) >= 11 is 3.57. The summed E-state index contributed by atoms with van der Waals surface area (Å²) in [5.74, 6) is 0. The Morgan fingerprint density at radius 2 is 1.81 bits per heavy atom. The average molecular weight is 285 g/mol. The number of rotatable bonds is 5. The SMILES string of the molecule is CCN(CC)C(C)(N)Cc1ccccc1Br. The fourth-order valence-electron chi connectivity index (χ4n) is 2.09. The van der Waals surface area contributed by atoms with Gasteiger partial charge in [-0.1, -0.05) is 48.0 Å². The second-order valence-electron chi connectivity index (χ2n) is 4.30. The highest BCUT2D eigenvalue weighted by atomic mass is 79.9. The van der Waals surface area contributed by atoms with Gasteiger partial charge in [0.15, 0.2) is 0 Å². The van der Waals surface area contributed by atoms with Crippen molar-refractivity contribution in [1.82, 2.24) is 4.90 Å². The highest BCUT2D eigenvalue weighted by Crippen LogP contribution is 2.22. The zero-order chi connectivity index (χ0) is 12.2. The Morgan fingerprint density at radius 3 is 2.31 bits per heavy atom. The van der Waals surface area contributed by atoms with Crippen LogP contribution in [0.1, 0.15) is 26.3 Å². The summed E-state index contributed by atoms with van der Waals surface area (Å²) in [7, 11) is 0. The molecule has 0 aromatic heterocycles. The normalized spacial score (nSPS) is 15.1. The zero-order valence-electron chi connectivity index (χ0n) is 10.3. The second-order valence-corrected chi connectivity index (χ2v) is 5.15. The summed E-state index contributed by atoms with van der Waals surface area (Å²) in [5, 5.41) is 0. The molecule has 0 heterocycles. The number of nitrogens with zero attached hydrogens (tertiary/aromatic N) is 1. The van der Waals surface area contributed by atoms with Crippen LogP contribution in [0.25, 0.3) is 0 Å². The predicted molar refractivity (Wildman–Crippen MR) is 73.4 cm³/mol. The molecule has 0 amide bonds. The molecule has 1 rings (SSSR count). The van der Waals surface area contributed by atoms with Gasteiger partial charge in [-0.15, -0.1) is 0 Å². The summed E-state index contributed by atoms with van der Waals surface area (Å²) < 4.78 is 1.14. The molecule has 1 aromatic rings. The minimum absolute atomic E-state index is 0.284. The van der Waals surface area contributed by atoms with Gasteiger partial charge in [0.1, 0.15) is 0 Å². The number of nitrogens with two attached hydrogens (primary N) is 1. The van der Waals surface area contributed by atoms with Crippen molar-refractivity contribution in [2.75, 3.05) is 13.1 Å². The van der Waals surface area contributed by atoms with Crippen molar-refractivity contribution in [2.24, 2.45) is 5.73 Å². The van der Waals surface area contributed by atoms with Crippen molar-refractivity contribution in [3.05, 3.63) is 34.3 Å². The molecule has 0 aliphatic rings. The largest absolute Gasteiger partial charge is 0.313 e. The molecule has 0 saturated carbocycles. The fraction of sp³-hybridized carbons (Fsp3) is 0.538. The van der Waals surface area contributed by atoms with Crippen LogP contribution >= 0.6 is 15.9 Å². The van der Waals surface area contributed by atoms with Gasteiger partial charge in [-0.25, -0.2) is 0 Å². The van der Waals surface area contributed by atoms with E-state index in [4.69, 9.17) is 5.73 Å². The summed E-state index contributed by atoms with van der Waals surface area (Å²) in [6.07, 6.45) is 0.857.